The van der Waals surface area contributed by atoms with Crippen LogP contribution in [0.2, 0.25) is 0 Å². The Morgan fingerprint density at radius 2 is 1.52 bits per heavy atom. The van der Waals surface area contributed by atoms with Gasteiger partial charge in [0.05, 0.1) is 4.90 Å². The Morgan fingerprint density at radius 1 is 1.00 bits per heavy atom. The maximum Gasteiger partial charge on any atom is 0.490 e. The molecule has 0 amide bonds. The maximum atomic E-state index is 12.7. The minimum absolute atomic E-state index is 0.185. The van der Waals surface area contributed by atoms with Gasteiger partial charge in [-0.15, -0.1) is 0 Å². The number of alkyl halides is 3. The molecule has 0 bridgehead atoms. The highest BCUT2D eigenvalue weighted by molar-refractivity contribution is 7.89. The van der Waals surface area contributed by atoms with Gasteiger partial charge in [0, 0.05) is 25.0 Å². The standard InChI is InChI=1S/C21H26N2O2S.C2HF3O2/c1-18-7-5-6-8-19(18)15-22-13-11-21(12-14-22)16-23(17-21)26(24,25)20-9-3-2-4-10-20;3-2(4,5)1(6)7/h2-10H,11-17H2,1H3;(H,6,7). The summed E-state index contributed by atoms with van der Waals surface area (Å²) in [7, 11) is -3.33. The molecule has 6 nitrogen and oxygen atoms in total. The van der Waals surface area contributed by atoms with Crippen molar-refractivity contribution in [2.45, 2.75) is 37.4 Å². The number of hydrogen-bond donors (Lipinski definition) is 1. The summed E-state index contributed by atoms with van der Waals surface area (Å²) >= 11 is 0. The summed E-state index contributed by atoms with van der Waals surface area (Å²) in [5.74, 6) is -2.76. The lowest BCUT2D eigenvalue weighted by molar-refractivity contribution is -0.192. The number of hydrogen-bond acceptors (Lipinski definition) is 4. The van der Waals surface area contributed by atoms with E-state index in [1.165, 1.54) is 11.1 Å². The molecule has 2 heterocycles. The van der Waals surface area contributed by atoms with Gasteiger partial charge in [0.15, 0.2) is 0 Å². The Balaban J connectivity index is 0.000000383. The zero-order valence-electron chi connectivity index (χ0n) is 18.3. The molecule has 0 radical (unpaired) electrons. The first-order valence-electron chi connectivity index (χ1n) is 10.6. The van der Waals surface area contributed by atoms with Crippen LogP contribution >= 0.6 is 0 Å². The summed E-state index contributed by atoms with van der Waals surface area (Å²) in [6.07, 6.45) is -2.92. The van der Waals surface area contributed by atoms with Crippen LogP contribution in [0, 0.1) is 12.3 Å². The Kier molecular flexibility index (Phi) is 7.50. The number of benzene rings is 2. The highest BCUT2D eigenvalue weighted by Crippen LogP contribution is 2.43. The molecule has 0 atom stereocenters. The number of aryl methyl sites for hydroxylation is 1. The second-order valence-electron chi connectivity index (χ2n) is 8.59. The van der Waals surface area contributed by atoms with Crippen LogP contribution in [0.15, 0.2) is 59.5 Å². The fourth-order valence-electron chi connectivity index (χ4n) is 4.14. The molecule has 0 unspecified atom stereocenters. The molecule has 2 saturated heterocycles. The van der Waals surface area contributed by atoms with E-state index in [0.717, 1.165) is 32.5 Å². The quantitative estimate of drug-likeness (QED) is 0.712. The third-order valence-electron chi connectivity index (χ3n) is 6.22. The lowest BCUT2D eigenvalue weighted by Crippen LogP contribution is -2.61. The van der Waals surface area contributed by atoms with Crippen LogP contribution in [0.3, 0.4) is 0 Å². The Labute approximate surface area is 191 Å². The molecule has 2 aromatic carbocycles. The van der Waals surface area contributed by atoms with Crippen molar-refractivity contribution < 1.29 is 31.5 Å². The lowest BCUT2D eigenvalue weighted by atomic mass is 9.73. The van der Waals surface area contributed by atoms with Gasteiger partial charge < -0.3 is 5.11 Å². The molecule has 10 heteroatoms. The first-order valence-corrected chi connectivity index (χ1v) is 12.0. The molecule has 1 spiro atoms. The predicted molar refractivity (Wildman–Crippen MR) is 117 cm³/mol. The van der Waals surface area contributed by atoms with Crippen molar-refractivity contribution in [1.82, 2.24) is 9.21 Å². The number of carboxylic acid groups (broad SMARTS) is 1. The van der Waals surface area contributed by atoms with Crippen LogP contribution in [0.5, 0.6) is 0 Å². The third-order valence-corrected chi connectivity index (χ3v) is 8.02. The third kappa shape index (κ3) is 6.13. The molecular weight excluding hydrogens is 457 g/mol. The number of carboxylic acids is 1. The molecule has 180 valence electrons. The molecule has 2 aromatic rings. The topological polar surface area (TPSA) is 77.9 Å². The van der Waals surface area contributed by atoms with Gasteiger partial charge in [0.2, 0.25) is 10.0 Å². The number of aliphatic carboxylic acids is 1. The molecule has 0 saturated carbocycles. The van der Waals surface area contributed by atoms with E-state index in [9.17, 15) is 21.6 Å². The normalized spacial score (nSPS) is 18.8. The van der Waals surface area contributed by atoms with Crippen molar-refractivity contribution in [3.8, 4) is 0 Å². The average Bonchev–Trinajstić information content (AvgIpc) is 2.75. The molecular formula is C23H27F3N2O4S. The zero-order chi connectivity index (χ0) is 24.3. The minimum Gasteiger partial charge on any atom is -0.475 e. The molecule has 0 aliphatic carbocycles. The van der Waals surface area contributed by atoms with Crippen molar-refractivity contribution in [2.75, 3.05) is 26.2 Å². The van der Waals surface area contributed by atoms with E-state index in [2.05, 4.69) is 36.1 Å². The monoisotopic (exact) mass is 484 g/mol. The van der Waals surface area contributed by atoms with Crippen molar-refractivity contribution >= 4 is 16.0 Å². The van der Waals surface area contributed by atoms with Crippen LogP contribution in [0.25, 0.3) is 0 Å². The van der Waals surface area contributed by atoms with Crippen molar-refractivity contribution in [3.05, 3.63) is 65.7 Å². The number of rotatable bonds is 4. The number of nitrogens with zero attached hydrogens (tertiary/aromatic N) is 2. The van der Waals surface area contributed by atoms with Crippen LogP contribution in [-0.4, -0.2) is 61.1 Å². The van der Waals surface area contributed by atoms with Crippen molar-refractivity contribution in [2.24, 2.45) is 5.41 Å². The summed E-state index contributed by atoms with van der Waals surface area (Å²) in [5.41, 5.74) is 2.92. The Hall–Kier alpha value is -2.43. The fourth-order valence-corrected chi connectivity index (χ4v) is 5.83. The van der Waals surface area contributed by atoms with Crippen LogP contribution in [0.1, 0.15) is 24.0 Å². The van der Waals surface area contributed by atoms with Gasteiger partial charge in [-0.1, -0.05) is 42.5 Å². The van der Waals surface area contributed by atoms with Gasteiger partial charge in [-0.05, 0) is 56.1 Å². The van der Waals surface area contributed by atoms with E-state index in [-0.39, 0.29) is 5.41 Å². The number of piperidine rings is 1. The maximum absolute atomic E-state index is 12.7. The summed E-state index contributed by atoms with van der Waals surface area (Å²) < 4.78 is 58.8. The highest BCUT2D eigenvalue weighted by atomic mass is 32.2. The number of carbonyl (C=O) groups is 1. The van der Waals surface area contributed by atoms with E-state index in [1.807, 2.05) is 6.07 Å². The van der Waals surface area contributed by atoms with Gasteiger partial charge in [0.1, 0.15) is 0 Å². The summed E-state index contributed by atoms with van der Waals surface area (Å²) in [5, 5.41) is 7.12. The first kappa shape index (κ1) is 25.2. The Morgan fingerprint density at radius 3 is 2.03 bits per heavy atom. The average molecular weight is 485 g/mol. The van der Waals surface area contributed by atoms with E-state index in [0.29, 0.717) is 18.0 Å². The van der Waals surface area contributed by atoms with Gasteiger partial charge in [-0.2, -0.15) is 17.5 Å². The van der Waals surface area contributed by atoms with E-state index >= 15 is 0 Å². The van der Waals surface area contributed by atoms with Crippen LogP contribution in [0.4, 0.5) is 13.2 Å². The summed E-state index contributed by atoms with van der Waals surface area (Å²) in [6, 6.07) is 17.3. The lowest BCUT2D eigenvalue weighted by Gasteiger charge is -2.53. The molecule has 1 N–H and O–H groups in total. The van der Waals surface area contributed by atoms with E-state index < -0.39 is 22.2 Å². The zero-order valence-corrected chi connectivity index (χ0v) is 19.1. The number of halogens is 3. The Bertz CT molecular complexity index is 1060. The van der Waals surface area contributed by atoms with E-state index in [1.54, 1.807) is 28.6 Å². The van der Waals surface area contributed by atoms with E-state index in [4.69, 9.17) is 9.90 Å². The molecule has 2 aliphatic rings. The smallest absolute Gasteiger partial charge is 0.475 e. The molecule has 4 rings (SSSR count). The molecule has 2 fully saturated rings. The first-order chi connectivity index (χ1) is 15.4. The van der Waals surface area contributed by atoms with Gasteiger partial charge in [0.25, 0.3) is 0 Å². The molecule has 2 aliphatic heterocycles. The van der Waals surface area contributed by atoms with Crippen LogP contribution < -0.4 is 0 Å². The second kappa shape index (κ2) is 9.82. The summed E-state index contributed by atoms with van der Waals surface area (Å²) in [4.78, 5) is 11.8. The summed E-state index contributed by atoms with van der Waals surface area (Å²) in [6.45, 7) is 6.60. The largest absolute Gasteiger partial charge is 0.490 e. The van der Waals surface area contributed by atoms with Crippen molar-refractivity contribution in [1.29, 1.82) is 0 Å². The van der Waals surface area contributed by atoms with Gasteiger partial charge in [-0.3, -0.25) is 4.90 Å². The SMILES string of the molecule is Cc1ccccc1CN1CCC2(CC1)CN(S(=O)(=O)c1ccccc1)C2.O=C(O)C(F)(F)F. The predicted octanol–water partition coefficient (Wildman–Crippen LogP) is 3.92. The number of likely N-dealkylation sites (tertiary alicyclic amines) is 1. The molecule has 0 aromatic heterocycles. The molecule has 33 heavy (non-hydrogen) atoms. The van der Waals surface area contributed by atoms with Crippen LogP contribution in [-0.2, 0) is 21.4 Å². The number of sulfonamides is 1. The minimum atomic E-state index is -5.08. The highest BCUT2D eigenvalue weighted by Gasteiger charge is 2.49. The fraction of sp³-hybridized carbons (Fsp3) is 0.435. The van der Waals surface area contributed by atoms with Gasteiger partial charge >= 0.3 is 12.1 Å². The second-order valence-corrected chi connectivity index (χ2v) is 10.5. The van der Waals surface area contributed by atoms with Crippen molar-refractivity contribution in [3.63, 3.8) is 0 Å². The van der Waals surface area contributed by atoms with Gasteiger partial charge in [-0.25, -0.2) is 13.2 Å².